The molecule has 0 aromatic heterocycles. The number of piperidine rings is 1. The van der Waals surface area contributed by atoms with E-state index in [1.165, 1.54) is 56.4 Å². The van der Waals surface area contributed by atoms with Crippen LogP contribution < -0.4 is 5.32 Å². The molecule has 0 amide bonds. The maximum absolute atomic E-state index is 10.6. The monoisotopic (exact) mass is 422 g/mol. The first kappa shape index (κ1) is 22.8. The molecule has 1 saturated heterocycles. The Bertz CT molecular complexity index is 749. The van der Waals surface area contributed by atoms with Crippen molar-refractivity contribution in [1.82, 2.24) is 10.2 Å². The average Bonchev–Trinajstić information content (AvgIpc) is 3.28. The van der Waals surface area contributed by atoms with Gasteiger partial charge in [-0.3, -0.25) is 0 Å². The largest absolute Gasteiger partial charge is 0.392 e. The van der Waals surface area contributed by atoms with Crippen LogP contribution in [-0.2, 0) is 6.42 Å². The fourth-order valence-electron chi connectivity index (χ4n) is 5.97. The summed E-state index contributed by atoms with van der Waals surface area (Å²) in [5.41, 5.74) is 4.31. The van der Waals surface area contributed by atoms with Gasteiger partial charge in [0, 0.05) is 12.5 Å². The van der Waals surface area contributed by atoms with Gasteiger partial charge < -0.3 is 15.3 Å². The average molecular weight is 423 g/mol. The predicted octanol–water partition coefficient (Wildman–Crippen LogP) is 4.89. The second-order valence-electron chi connectivity index (χ2n) is 10.1. The van der Waals surface area contributed by atoms with Crippen LogP contribution in [0.2, 0.25) is 0 Å². The zero-order chi connectivity index (χ0) is 21.5. The summed E-state index contributed by atoms with van der Waals surface area (Å²) in [6.45, 7) is 8.16. The molecule has 3 aliphatic rings. The standard InChI is InChI=1S/C28H42N2O/c1-22-9-7-11-23(17-22)10-3-4-12-26-27-19-24(18-25(27)20-28(26)31)21-29-13-8-16-30-14-5-2-6-15-30/h4,7,9,11-12,17-18,25-29,31H,2-3,5-6,8,10,13-16,19-21H2,1H3/t25-,26+,27-,28+/m0/s1. The lowest BCUT2D eigenvalue weighted by Gasteiger charge is -2.26. The molecule has 2 fully saturated rings. The molecular formula is C28H42N2O. The van der Waals surface area contributed by atoms with Gasteiger partial charge in [-0.05, 0) is 95.4 Å². The lowest BCUT2D eigenvalue weighted by Crippen LogP contribution is -2.32. The molecular weight excluding hydrogens is 380 g/mol. The van der Waals surface area contributed by atoms with E-state index in [0.29, 0.717) is 17.8 Å². The van der Waals surface area contributed by atoms with Crippen molar-refractivity contribution in [1.29, 1.82) is 0 Å². The fraction of sp³-hybridized carbons (Fsp3) is 0.643. The van der Waals surface area contributed by atoms with Crippen LogP contribution >= 0.6 is 0 Å². The van der Waals surface area contributed by atoms with E-state index in [1.54, 1.807) is 5.57 Å². The van der Waals surface area contributed by atoms with Crippen LogP contribution in [-0.4, -0.2) is 48.8 Å². The van der Waals surface area contributed by atoms with Crippen molar-refractivity contribution in [2.75, 3.05) is 32.7 Å². The van der Waals surface area contributed by atoms with Gasteiger partial charge in [-0.2, -0.15) is 0 Å². The number of nitrogens with one attached hydrogen (secondary N) is 1. The van der Waals surface area contributed by atoms with Crippen LogP contribution in [0.1, 0.15) is 56.1 Å². The van der Waals surface area contributed by atoms with E-state index in [9.17, 15) is 5.11 Å². The number of hydrogen-bond acceptors (Lipinski definition) is 3. The number of benzene rings is 1. The maximum atomic E-state index is 10.6. The minimum absolute atomic E-state index is 0.166. The molecule has 0 bridgehead atoms. The first-order chi connectivity index (χ1) is 15.2. The van der Waals surface area contributed by atoms with E-state index in [0.717, 1.165) is 38.8 Å². The Morgan fingerprint density at radius 2 is 2.06 bits per heavy atom. The molecule has 1 aliphatic heterocycles. The van der Waals surface area contributed by atoms with Gasteiger partial charge in [0.25, 0.3) is 0 Å². The molecule has 3 nitrogen and oxygen atoms in total. The molecule has 0 radical (unpaired) electrons. The van der Waals surface area contributed by atoms with Crippen molar-refractivity contribution in [3.63, 3.8) is 0 Å². The van der Waals surface area contributed by atoms with Crippen molar-refractivity contribution in [2.24, 2.45) is 17.8 Å². The third-order valence-electron chi connectivity index (χ3n) is 7.62. The normalized spacial score (nSPS) is 28.9. The van der Waals surface area contributed by atoms with Gasteiger partial charge >= 0.3 is 0 Å². The van der Waals surface area contributed by atoms with Gasteiger partial charge in [-0.15, -0.1) is 0 Å². The molecule has 0 spiro atoms. The van der Waals surface area contributed by atoms with Crippen LogP contribution in [0, 0.1) is 24.7 Å². The number of rotatable bonds is 10. The zero-order valence-corrected chi connectivity index (χ0v) is 19.4. The summed E-state index contributed by atoms with van der Waals surface area (Å²) in [7, 11) is 0. The summed E-state index contributed by atoms with van der Waals surface area (Å²) in [5.74, 6) is 1.51. The molecule has 1 heterocycles. The molecule has 31 heavy (non-hydrogen) atoms. The molecule has 4 atom stereocenters. The Balaban J connectivity index is 1.16. The van der Waals surface area contributed by atoms with E-state index in [4.69, 9.17) is 0 Å². The first-order valence-corrected chi connectivity index (χ1v) is 12.7. The molecule has 1 saturated carbocycles. The van der Waals surface area contributed by atoms with Crippen LogP contribution in [0.15, 0.2) is 48.1 Å². The summed E-state index contributed by atoms with van der Waals surface area (Å²) >= 11 is 0. The van der Waals surface area contributed by atoms with Crippen LogP contribution in [0.25, 0.3) is 0 Å². The fourth-order valence-corrected chi connectivity index (χ4v) is 5.97. The Hall–Kier alpha value is -1.42. The van der Waals surface area contributed by atoms with Crippen LogP contribution in [0.4, 0.5) is 0 Å². The SMILES string of the molecule is Cc1cccc(CCC=C[C@@H]2[C@H]3CC(CNCCCN4CCCCC4)=C[C@H]3C[C@H]2O)c1. The number of aliphatic hydroxyl groups is 1. The third-order valence-corrected chi connectivity index (χ3v) is 7.62. The van der Waals surface area contributed by atoms with E-state index >= 15 is 0 Å². The highest BCUT2D eigenvalue weighted by molar-refractivity contribution is 5.23. The van der Waals surface area contributed by atoms with Crippen molar-refractivity contribution < 1.29 is 5.11 Å². The lowest BCUT2D eigenvalue weighted by atomic mass is 9.89. The van der Waals surface area contributed by atoms with Crippen molar-refractivity contribution in [3.05, 3.63) is 59.2 Å². The molecule has 1 aromatic carbocycles. The van der Waals surface area contributed by atoms with E-state index in [2.05, 4.69) is 59.6 Å². The Morgan fingerprint density at radius 3 is 2.90 bits per heavy atom. The van der Waals surface area contributed by atoms with Crippen molar-refractivity contribution in [2.45, 2.75) is 64.4 Å². The summed E-state index contributed by atoms with van der Waals surface area (Å²) in [5, 5.41) is 14.3. The van der Waals surface area contributed by atoms with Crippen LogP contribution in [0.5, 0.6) is 0 Å². The van der Waals surface area contributed by atoms with Crippen LogP contribution in [0.3, 0.4) is 0 Å². The number of fused-ring (bicyclic) bond motifs is 1. The quantitative estimate of drug-likeness (QED) is 0.416. The zero-order valence-electron chi connectivity index (χ0n) is 19.4. The molecule has 0 unspecified atom stereocenters. The van der Waals surface area contributed by atoms with E-state index in [1.807, 2.05) is 0 Å². The van der Waals surface area contributed by atoms with E-state index < -0.39 is 0 Å². The van der Waals surface area contributed by atoms with Gasteiger partial charge in [0.2, 0.25) is 0 Å². The first-order valence-electron chi connectivity index (χ1n) is 12.7. The molecule has 2 aliphatic carbocycles. The van der Waals surface area contributed by atoms with Gasteiger partial charge in [0.15, 0.2) is 0 Å². The molecule has 4 rings (SSSR count). The summed E-state index contributed by atoms with van der Waals surface area (Å²) < 4.78 is 0. The number of aryl methyl sites for hydroxylation is 2. The molecule has 1 aromatic rings. The third kappa shape index (κ3) is 6.54. The van der Waals surface area contributed by atoms with Gasteiger partial charge in [0.05, 0.1) is 6.10 Å². The highest BCUT2D eigenvalue weighted by Crippen LogP contribution is 2.47. The molecule has 2 N–H and O–H groups in total. The second kappa shape index (κ2) is 11.4. The summed E-state index contributed by atoms with van der Waals surface area (Å²) in [4.78, 5) is 2.63. The number of nitrogens with zero attached hydrogens (tertiary/aromatic N) is 1. The minimum atomic E-state index is -0.166. The Kier molecular flexibility index (Phi) is 8.40. The predicted molar refractivity (Wildman–Crippen MR) is 130 cm³/mol. The Morgan fingerprint density at radius 1 is 1.19 bits per heavy atom. The minimum Gasteiger partial charge on any atom is -0.392 e. The number of aliphatic hydroxyl groups excluding tert-OH is 1. The highest BCUT2D eigenvalue weighted by Gasteiger charge is 2.43. The highest BCUT2D eigenvalue weighted by atomic mass is 16.3. The molecule has 3 heteroatoms. The number of allylic oxidation sites excluding steroid dienone is 2. The number of likely N-dealkylation sites (tertiary alicyclic amines) is 1. The lowest BCUT2D eigenvalue weighted by molar-refractivity contribution is 0.141. The summed E-state index contributed by atoms with van der Waals surface area (Å²) in [6.07, 6.45) is 16.6. The van der Waals surface area contributed by atoms with E-state index in [-0.39, 0.29) is 6.10 Å². The summed E-state index contributed by atoms with van der Waals surface area (Å²) in [6, 6.07) is 8.80. The second-order valence-corrected chi connectivity index (χ2v) is 10.1. The van der Waals surface area contributed by atoms with Crippen molar-refractivity contribution in [3.8, 4) is 0 Å². The topological polar surface area (TPSA) is 35.5 Å². The van der Waals surface area contributed by atoms with Gasteiger partial charge in [-0.1, -0.05) is 60.1 Å². The van der Waals surface area contributed by atoms with Gasteiger partial charge in [-0.25, -0.2) is 0 Å². The maximum Gasteiger partial charge on any atom is 0.0611 e. The number of hydrogen-bond donors (Lipinski definition) is 2. The molecule has 170 valence electrons. The van der Waals surface area contributed by atoms with Gasteiger partial charge in [0.1, 0.15) is 0 Å². The smallest absolute Gasteiger partial charge is 0.0611 e. The van der Waals surface area contributed by atoms with Crippen molar-refractivity contribution >= 4 is 0 Å². The Labute approximate surface area is 189 Å².